The van der Waals surface area contributed by atoms with Crippen molar-refractivity contribution in [3.05, 3.63) is 64.5 Å². The molecule has 0 amide bonds. The quantitative estimate of drug-likeness (QED) is 0.414. The molecule has 1 aliphatic rings. The Morgan fingerprint density at radius 1 is 0.815 bits per heavy atom. The fraction of sp³-hybridized carbons (Fsp3) is 0.429. The Morgan fingerprint density at radius 2 is 1.37 bits per heavy atom. The van der Waals surface area contributed by atoms with Crippen molar-refractivity contribution >= 4 is 0 Å². The maximum absolute atomic E-state index is 14.4. The molecule has 0 atom stereocenters. The topological polar surface area (TPSA) is 9.23 Å². The van der Waals surface area contributed by atoms with Crippen LogP contribution in [-0.2, 0) is 6.61 Å². The van der Waals surface area contributed by atoms with Gasteiger partial charge < -0.3 is 4.74 Å². The number of halogens is 5. The Kier molecular flexibility index (Phi) is 6.02. The van der Waals surface area contributed by atoms with Crippen molar-refractivity contribution < 1.29 is 26.7 Å². The van der Waals surface area contributed by atoms with E-state index in [4.69, 9.17) is 4.74 Å². The second-order valence-electron chi connectivity index (χ2n) is 7.10. The van der Waals surface area contributed by atoms with Crippen LogP contribution in [0, 0.1) is 35.0 Å². The SMILES string of the molecule is CCC1CCC(c2cc(F)c(OCc3cc(F)c(F)c(F)c3)c(F)c2)CC1. The minimum Gasteiger partial charge on any atom is -0.483 e. The predicted octanol–water partition coefficient (Wildman–Crippen LogP) is 6.64. The Bertz CT molecular complexity index is 766. The van der Waals surface area contributed by atoms with E-state index in [0.717, 1.165) is 44.2 Å². The highest BCUT2D eigenvalue weighted by Crippen LogP contribution is 2.38. The summed E-state index contributed by atoms with van der Waals surface area (Å²) in [4.78, 5) is 0. The van der Waals surface area contributed by atoms with Gasteiger partial charge in [-0.2, -0.15) is 0 Å². The molecule has 2 aromatic rings. The van der Waals surface area contributed by atoms with E-state index >= 15 is 0 Å². The summed E-state index contributed by atoms with van der Waals surface area (Å²) in [5, 5.41) is 0. The van der Waals surface area contributed by atoms with E-state index in [9.17, 15) is 22.0 Å². The van der Waals surface area contributed by atoms with E-state index in [1.54, 1.807) is 0 Å². The standard InChI is InChI=1S/C21H21F5O/c1-2-12-3-5-14(6-4-12)15-9-18(24)21(19(25)10-15)27-11-13-7-16(22)20(26)17(23)8-13/h7-10,12,14H,2-6,11H2,1H3. The molecule has 0 aromatic heterocycles. The zero-order valence-corrected chi connectivity index (χ0v) is 15.0. The van der Waals surface area contributed by atoms with E-state index in [0.29, 0.717) is 11.5 Å². The first-order chi connectivity index (χ1) is 12.9. The Balaban J connectivity index is 1.72. The van der Waals surface area contributed by atoms with Crippen molar-refractivity contribution in [2.24, 2.45) is 5.92 Å². The molecule has 2 aromatic carbocycles. The van der Waals surface area contributed by atoms with Gasteiger partial charge in [0.05, 0.1) is 0 Å². The van der Waals surface area contributed by atoms with Gasteiger partial charge in [-0.3, -0.25) is 0 Å². The summed E-state index contributed by atoms with van der Waals surface area (Å²) in [6.45, 7) is 1.66. The molecule has 27 heavy (non-hydrogen) atoms. The van der Waals surface area contributed by atoms with Crippen molar-refractivity contribution in [1.29, 1.82) is 0 Å². The molecule has 3 rings (SSSR count). The van der Waals surface area contributed by atoms with Gasteiger partial charge in [-0.1, -0.05) is 13.3 Å². The van der Waals surface area contributed by atoms with Crippen LogP contribution in [0.2, 0.25) is 0 Å². The van der Waals surface area contributed by atoms with Crippen molar-refractivity contribution in [2.45, 2.75) is 51.6 Å². The number of ether oxygens (including phenoxy) is 1. The highest BCUT2D eigenvalue weighted by atomic mass is 19.2. The fourth-order valence-electron chi connectivity index (χ4n) is 3.70. The minimum absolute atomic E-state index is 0.0628. The molecule has 0 N–H and O–H groups in total. The lowest BCUT2D eigenvalue weighted by molar-refractivity contribution is 0.270. The average Bonchev–Trinajstić information content (AvgIpc) is 2.65. The zero-order chi connectivity index (χ0) is 19.6. The molecule has 6 heteroatoms. The summed E-state index contributed by atoms with van der Waals surface area (Å²) in [6, 6.07) is 3.99. The molecule has 1 nitrogen and oxygen atoms in total. The van der Waals surface area contributed by atoms with E-state index in [1.807, 2.05) is 0 Å². The molecule has 0 radical (unpaired) electrons. The first-order valence-corrected chi connectivity index (χ1v) is 9.14. The number of hydrogen-bond donors (Lipinski definition) is 0. The molecule has 1 saturated carbocycles. The van der Waals surface area contributed by atoms with E-state index in [-0.39, 0.29) is 11.5 Å². The van der Waals surface area contributed by atoms with Gasteiger partial charge in [0.2, 0.25) is 0 Å². The third kappa shape index (κ3) is 4.42. The smallest absolute Gasteiger partial charge is 0.194 e. The summed E-state index contributed by atoms with van der Waals surface area (Å²) in [5.74, 6) is -5.89. The van der Waals surface area contributed by atoms with Crippen LogP contribution in [0.4, 0.5) is 22.0 Å². The van der Waals surface area contributed by atoms with Crippen molar-refractivity contribution in [1.82, 2.24) is 0 Å². The molecule has 0 aliphatic heterocycles. The largest absolute Gasteiger partial charge is 0.483 e. The Morgan fingerprint density at radius 3 is 1.89 bits per heavy atom. The van der Waals surface area contributed by atoms with Crippen LogP contribution in [0.25, 0.3) is 0 Å². The van der Waals surface area contributed by atoms with Gasteiger partial charge in [0.25, 0.3) is 0 Å². The van der Waals surface area contributed by atoms with E-state index < -0.39 is 41.4 Å². The molecule has 0 bridgehead atoms. The second-order valence-corrected chi connectivity index (χ2v) is 7.10. The summed E-state index contributed by atoms with van der Waals surface area (Å²) < 4.78 is 73.2. The summed E-state index contributed by atoms with van der Waals surface area (Å²) in [5.41, 5.74) is 0.540. The molecule has 0 saturated heterocycles. The highest BCUT2D eigenvalue weighted by molar-refractivity contribution is 5.34. The average molecular weight is 384 g/mol. The minimum atomic E-state index is -1.60. The van der Waals surface area contributed by atoms with Gasteiger partial charge in [0, 0.05) is 0 Å². The van der Waals surface area contributed by atoms with Gasteiger partial charge in [-0.15, -0.1) is 0 Å². The normalized spacial score (nSPS) is 19.9. The predicted molar refractivity (Wildman–Crippen MR) is 92.0 cm³/mol. The molecule has 1 fully saturated rings. The van der Waals surface area contributed by atoms with Crippen molar-refractivity contribution in [2.75, 3.05) is 0 Å². The number of rotatable bonds is 5. The van der Waals surface area contributed by atoms with Crippen LogP contribution in [-0.4, -0.2) is 0 Å². The zero-order valence-electron chi connectivity index (χ0n) is 15.0. The van der Waals surface area contributed by atoms with Crippen LogP contribution in [0.1, 0.15) is 56.1 Å². The first kappa shape index (κ1) is 19.6. The van der Waals surface area contributed by atoms with Crippen molar-refractivity contribution in [3.8, 4) is 5.75 Å². The highest BCUT2D eigenvalue weighted by Gasteiger charge is 2.24. The second kappa shape index (κ2) is 8.28. The van der Waals surface area contributed by atoms with Gasteiger partial charge in [0.1, 0.15) is 6.61 Å². The van der Waals surface area contributed by atoms with Crippen LogP contribution >= 0.6 is 0 Å². The molecule has 0 heterocycles. The fourth-order valence-corrected chi connectivity index (χ4v) is 3.70. The van der Waals surface area contributed by atoms with Gasteiger partial charge in [-0.25, -0.2) is 22.0 Å². The first-order valence-electron chi connectivity index (χ1n) is 9.14. The van der Waals surface area contributed by atoms with E-state index in [2.05, 4.69) is 6.92 Å². The molecule has 0 unspecified atom stereocenters. The van der Waals surface area contributed by atoms with Gasteiger partial charge >= 0.3 is 0 Å². The molecular formula is C21H21F5O. The number of hydrogen-bond acceptors (Lipinski definition) is 1. The lowest BCUT2D eigenvalue weighted by Gasteiger charge is -2.28. The maximum atomic E-state index is 14.4. The summed E-state index contributed by atoms with van der Waals surface area (Å²) in [7, 11) is 0. The third-order valence-electron chi connectivity index (χ3n) is 5.34. The molecule has 146 valence electrons. The molecule has 1 aliphatic carbocycles. The Hall–Kier alpha value is -2.11. The lowest BCUT2D eigenvalue weighted by Crippen LogP contribution is -2.13. The van der Waals surface area contributed by atoms with Crippen molar-refractivity contribution in [3.63, 3.8) is 0 Å². The summed E-state index contributed by atoms with van der Waals surface area (Å²) in [6.07, 6.45) is 5.00. The lowest BCUT2D eigenvalue weighted by atomic mass is 9.78. The van der Waals surface area contributed by atoms with Gasteiger partial charge in [0.15, 0.2) is 34.8 Å². The van der Waals surface area contributed by atoms with Crippen LogP contribution in [0.5, 0.6) is 5.75 Å². The Labute approximate surface area is 155 Å². The van der Waals surface area contributed by atoms with Crippen LogP contribution in [0.15, 0.2) is 24.3 Å². The monoisotopic (exact) mass is 384 g/mol. The van der Waals surface area contributed by atoms with E-state index in [1.165, 1.54) is 12.1 Å². The number of benzene rings is 2. The van der Waals surface area contributed by atoms with Gasteiger partial charge in [-0.05, 0) is 72.9 Å². The summed E-state index contributed by atoms with van der Waals surface area (Å²) >= 11 is 0. The van der Waals surface area contributed by atoms with Crippen LogP contribution < -0.4 is 4.74 Å². The molecule has 0 spiro atoms. The third-order valence-corrected chi connectivity index (χ3v) is 5.34. The maximum Gasteiger partial charge on any atom is 0.194 e. The van der Waals surface area contributed by atoms with Crippen LogP contribution in [0.3, 0.4) is 0 Å². The molecular weight excluding hydrogens is 363 g/mol.